The maximum Gasteiger partial charge on any atom is 0.190 e. The van der Waals surface area contributed by atoms with Gasteiger partial charge in [-0.15, -0.1) is 0 Å². The molecule has 78 valence electrons. The van der Waals surface area contributed by atoms with E-state index >= 15 is 0 Å². The maximum atomic E-state index is 13.0. The lowest BCUT2D eigenvalue weighted by molar-refractivity contribution is 0.246. The molecule has 0 radical (unpaired) electrons. The zero-order valence-corrected chi connectivity index (χ0v) is 8.05. The Balaban J connectivity index is 2.86. The van der Waals surface area contributed by atoms with Crippen molar-refractivity contribution in [3.63, 3.8) is 0 Å². The molecule has 0 bridgehead atoms. The first-order valence-electron chi connectivity index (χ1n) is 4.31. The Morgan fingerprint density at radius 1 is 1.29 bits per heavy atom. The van der Waals surface area contributed by atoms with Crippen molar-refractivity contribution in [2.24, 2.45) is 5.92 Å². The lowest BCUT2D eigenvalue weighted by Crippen LogP contribution is -2.07. The van der Waals surface area contributed by atoms with Crippen LogP contribution < -0.4 is 4.74 Å². The minimum Gasteiger partial charge on any atom is -0.508 e. The van der Waals surface area contributed by atoms with Gasteiger partial charge in [0.15, 0.2) is 17.4 Å². The molecular formula is C10H12F2O2. The highest BCUT2D eigenvalue weighted by Crippen LogP contribution is 2.26. The summed E-state index contributed by atoms with van der Waals surface area (Å²) >= 11 is 0. The summed E-state index contributed by atoms with van der Waals surface area (Å²) in [6, 6.07) is 1.64. The van der Waals surface area contributed by atoms with Crippen LogP contribution in [0, 0.1) is 17.6 Å². The van der Waals surface area contributed by atoms with Gasteiger partial charge in [0.2, 0.25) is 0 Å². The zero-order valence-electron chi connectivity index (χ0n) is 8.05. The molecule has 0 saturated heterocycles. The van der Waals surface area contributed by atoms with Crippen molar-refractivity contribution in [3.8, 4) is 11.5 Å². The molecule has 1 aromatic rings. The monoisotopic (exact) mass is 202 g/mol. The molecule has 0 aliphatic heterocycles. The van der Waals surface area contributed by atoms with Gasteiger partial charge in [0.25, 0.3) is 0 Å². The zero-order chi connectivity index (χ0) is 10.7. The van der Waals surface area contributed by atoms with Gasteiger partial charge in [0.1, 0.15) is 5.75 Å². The van der Waals surface area contributed by atoms with Crippen LogP contribution in [0.3, 0.4) is 0 Å². The molecule has 0 atom stereocenters. The van der Waals surface area contributed by atoms with Crippen LogP contribution in [0.15, 0.2) is 12.1 Å². The number of phenolic OH excluding ortho intramolecular Hbond substituents is 1. The van der Waals surface area contributed by atoms with Crippen LogP contribution >= 0.6 is 0 Å². The molecule has 4 heteroatoms. The van der Waals surface area contributed by atoms with Crippen molar-refractivity contribution in [1.29, 1.82) is 0 Å². The number of aromatic hydroxyl groups is 1. The Kier molecular flexibility index (Phi) is 3.28. The second-order valence-corrected chi connectivity index (χ2v) is 3.44. The summed E-state index contributed by atoms with van der Waals surface area (Å²) in [5.41, 5.74) is 0. The molecule has 0 amide bonds. The first-order chi connectivity index (χ1) is 6.50. The smallest absolute Gasteiger partial charge is 0.190 e. The highest BCUT2D eigenvalue weighted by Gasteiger charge is 2.12. The number of ether oxygens (including phenoxy) is 1. The van der Waals surface area contributed by atoms with Crippen molar-refractivity contribution in [2.45, 2.75) is 13.8 Å². The Hall–Kier alpha value is -1.32. The molecule has 0 heterocycles. The molecule has 1 aromatic carbocycles. The van der Waals surface area contributed by atoms with Crippen molar-refractivity contribution in [2.75, 3.05) is 6.61 Å². The number of rotatable bonds is 3. The average Bonchev–Trinajstić information content (AvgIpc) is 2.01. The third kappa shape index (κ3) is 2.58. The molecule has 0 aromatic heterocycles. The molecule has 1 rings (SSSR count). The summed E-state index contributed by atoms with van der Waals surface area (Å²) in [4.78, 5) is 0. The Labute approximate surface area is 81.1 Å². The van der Waals surface area contributed by atoms with E-state index in [0.29, 0.717) is 0 Å². The highest BCUT2D eigenvalue weighted by molar-refractivity contribution is 5.33. The van der Waals surface area contributed by atoms with Crippen LogP contribution in [0.4, 0.5) is 8.78 Å². The lowest BCUT2D eigenvalue weighted by atomic mass is 10.2. The normalized spacial score (nSPS) is 10.6. The fourth-order valence-corrected chi connectivity index (χ4v) is 0.934. The minimum atomic E-state index is -0.886. The molecule has 0 aliphatic rings. The number of hydrogen-bond donors (Lipinski definition) is 1. The second-order valence-electron chi connectivity index (χ2n) is 3.44. The van der Waals surface area contributed by atoms with Crippen molar-refractivity contribution in [3.05, 3.63) is 23.8 Å². The maximum absolute atomic E-state index is 13.0. The summed E-state index contributed by atoms with van der Waals surface area (Å²) in [5.74, 6) is -2.47. The van der Waals surface area contributed by atoms with E-state index in [1.54, 1.807) is 0 Å². The van der Waals surface area contributed by atoms with E-state index in [4.69, 9.17) is 9.84 Å². The predicted octanol–water partition coefficient (Wildman–Crippen LogP) is 2.71. The molecule has 1 N–H and O–H groups in total. The largest absolute Gasteiger partial charge is 0.508 e. The van der Waals surface area contributed by atoms with E-state index in [9.17, 15) is 8.78 Å². The van der Waals surface area contributed by atoms with Gasteiger partial charge in [-0.05, 0) is 5.92 Å². The Morgan fingerprint density at radius 3 is 2.21 bits per heavy atom. The molecule has 0 saturated carbocycles. The SMILES string of the molecule is CC(C)COc1c(F)cc(O)cc1F. The van der Waals surface area contributed by atoms with E-state index in [0.717, 1.165) is 12.1 Å². The Bertz CT molecular complexity index is 301. The number of phenols is 1. The van der Waals surface area contributed by atoms with Crippen molar-refractivity contribution < 1.29 is 18.6 Å². The number of hydrogen-bond acceptors (Lipinski definition) is 2. The first kappa shape index (κ1) is 10.8. The van der Waals surface area contributed by atoms with E-state index in [-0.39, 0.29) is 12.5 Å². The molecule has 0 unspecified atom stereocenters. The molecule has 2 nitrogen and oxygen atoms in total. The summed E-state index contributed by atoms with van der Waals surface area (Å²) in [6.45, 7) is 3.98. The van der Waals surface area contributed by atoms with Gasteiger partial charge in [-0.1, -0.05) is 13.8 Å². The molecule has 0 spiro atoms. The third-order valence-corrected chi connectivity index (χ3v) is 1.54. The number of halogens is 2. The standard InChI is InChI=1S/C10H12F2O2/c1-6(2)5-14-10-8(11)3-7(13)4-9(10)12/h3-4,6,13H,5H2,1-2H3. The van der Waals surface area contributed by atoms with E-state index in [1.807, 2.05) is 13.8 Å². The van der Waals surface area contributed by atoms with Gasteiger partial charge in [0.05, 0.1) is 6.61 Å². The fourth-order valence-electron chi connectivity index (χ4n) is 0.934. The topological polar surface area (TPSA) is 29.5 Å². The van der Waals surface area contributed by atoms with Gasteiger partial charge in [-0.2, -0.15) is 0 Å². The van der Waals surface area contributed by atoms with Gasteiger partial charge >= 0.3 is 0 Å². The van der Waals surface area contributed by atoms with Gasteiger partial charge in [-0.3, -0.25) is 0 Å². The van der Waals surface area contributed by atoms with Crippen molar-refractivity contribution in [1.82, 2.24) is 0 Å². The molecule has 0 fully saturated rings. The van der Waals surface area contributed by atoms with Crippen LogP contribution in [0.2, 0.25) is 0 Å². The van der Waals surface area contributed by atoms with Crippen LogP contribution in [-0.4, -0.2) is 11.7 Å². The van der Waals surface area contributed by atoms with Crippen LogP contribution in [0.1, 0.15) is 13.8 Å². The van der Waals surface area contributed by atoms with E-state index in [1.165, 1.54) is 0 Å². The third-order valence-electron chi connectivity index (χ3n) is 1.54. The summed E-state index contributed by atoms with van der Waals surface area (Å²) in [5, 5.41) is 8.86. The van der Waals surface area contributed by atoms with E-state index < -0.39 is 23.1 Å². The molecule has 14 heavy (non-hydrogen) atoms. The first-order valence-corrected chi connectivity index (χ1v) is 4.31. The predicted molar refractivity (Wildman–Crippen MR) is 48.4 cm³/mol. The van der Waals surface area contributed by atoms with Gasteiger partial charge < -0.3 is 9.84 Å². The summed E-state index contributed by atoms with van der Waals surface area (Å²) in [7, 11) is 0. The van der Waals surface area contributed by atoms with Crippen LogP contribution in [-0.2, 0) is 0 Å². The van der Waals surface area contributed by atoms with Gasteiger partial charge in [-0.25, -0.2) is 8.78 Å². The highest BCUT2D eigenvalue weighted by atomic mass is 19.1. The van der Waals surface area contributed by atoms with Crippen LogP contribution in [0.25, 0.3) is 0 Å². The summed E-state index contributed by atoms with van der Waals surface area (Å²) in [6.07, 6.45) is 0. The number of benzene rings is 1. The molecule has 0 aliphatic carbocycles. The average molecular weight is 202 g/mol. The second kappa shape index (κ2) is 4.26. The quantitative estimate of drug-likeness (QED) is 0.816. The lowest BCUT2D eigenvalue weighted by Gasteiger charge is -2.10. The Morgan fingerprint density at radius 2 is 1.79 bits per heavy atom. The van der Waals surface area contributed by atoms with Gasteiger partial charge in [0, 0.05) is 12.1 Å². The van der Waals surface area contributed by atoms with E-state index in [2.05, 4.69) is 0 Å². The molecular weight excluding hydrogens is 190 g/mol. The summed E-state index contributed by atoms with van der Waals surface area (Å²) < 4.78 is 31.0. The fraction of sp³-hybridized carbons (Fsp3) is 0.400. The van der Waals surface area contributed by atoms with Crippen molar-refractivity contribution >= 4 is 0 Å². The van der Waals surface area contributed by atoms with Crippen LogP contribution in [0.5, 0.6) is 11.5 Å². The minimum absolute atomic E-state index is 0.183.